The van der Waals surface area contributed by atoms with Gasteiger partial charge in [-0.3, -0.25) is 4.79 Å². The number of thiophene rings is 1. The van der Waals surface area contributed by atoms with Crippen molar-refractivity contribution in [1.29, 1.82) is 0 Å². The maximum Gasteiger partial charge on any atom is 0.250 e. The Hall–Kier alpha value is -1.85. The number of piperidine rings is 1. The zero-order valence-corrected chi connectivity index (χ0v) is 16.3. The van der Waals surface area contributed by atoms with Crippen LogP contribution in [0.3, 0.4) is 0 Å². The van der Waals surface area contributed by atoms with Gasteiger partial charge >= 0.3 is 0 Å². The normalized spacial score (nSPS) is 14.8. The van der Waals surface area contributed by atoms with Gasteiger partial charge in [0.1, 0.15) is 4.21 Å². The average molecular weight is 409 g/mol. The van der Waals surface area contributed by atoms with E-state index in [4.69, 9.17) is 11.6 Å². The molecule has 136 valence electrons. The van der Waals surface area contributed by atoms with Crippen LogP contribution in [0.25, 0.3) is 0 Å². The number of halogens is 1. The van der Waals surface area contributed by atoms with Crippen molar-refractivity contribution in [3.8, 4) is 11.8 Å². The van der Waals surface area contributed by atoms with E-state index >= 15 is 0 Å². The molecule has 0 radical (unpaired) electrons. The fourth-order valence-corrected chi connectivity index (χ4v) is 5.04. The maximum absolute atomic E-state index is 12.0. The number of nitrogens with zero attached hydrogens (tertiary/aromatic N) is 1. The summed E-state index contributed by atoms with van der Waals surface area (Å²) in [5, 5.41) is 0. The zero-order valence-electron chi connectivity index (χ0n) is 13.9. The van der Waals surface area contributed by atoms with Gasteiger partial charge in [0.15, 0.2) is 0 Å². The summed E-state index contributed by atoms with van der Waals surface area (Å²) in [6, 6.07) is 10.4. The molecule has 1 aromatic carbocycles. The molecule has 1 aliphatic rings. The van der Waals surface area contributed by atoms with Gasteiger partial charge in [0, 0.05) is 24.2 Å². The summed E-state index contributed by atoms with van der Waals surface area (Å²) in [6.45, 7) is 0.753. The Balaban J connectivity index is 1.59. The molecule has 0 bridgehead atoms. The third-order valence-electron chi connectivity index (χ3n) is 3.90. The summed E-state index contributed by atoms with van der Waals surface area (Å²) >= 11 is 6.76. The van der Waals surface area contributed by atoms with E-state index in [0.29, 0.717) is 10.8 Å². The van der Waals surface area contributed by atoms with Crippen LogP contribution in [0.1, 0.15) is 24.8 Å². The fraction of sp³-hybridized carbons (Fsp3) is 0.278. The molecule has 2 aromatic rings. The lowest BCUT2D eigenvalue weighted by molar-refractivity contribution is -0.119. The van der Waals surface area contributed by atoms with Gasteiger partial charge in [-0.2, -0.15) is 4.72 Å². The Morgan fingerprint density at radius 1 is 1.15 bits per heavy atom. The molecule has 3 rings (SSSR count). The van der Waals surface area contributed by atoms with Gasteiger partial charge in [0.2, 0.25) is 5.91 Å². The van der Waals surface area contributed by atoms with Crippen LogP contribution in [0.15, 0.2) is 40.6 Å². The number of carbonyl (C=O) groups is 1. The van der Waals surface area contributed by atoms with E-state index in [0.717, 1.165) is 42.0 Å². The van der Waals surface area contributed by atoms with Crippen LogP contribution < -0.4 is 9.62 Å². The number of sulfonamides is 1. The van der Waals surface area contributed by atoms with Crippen molar-refractivity contribution in [2.45, 2.75) is 23.5 Å². The molecule has 1 amide bonds. The zero-order chi connectivity index (χ0) is 18.6. The molecule has 0 spiro atoms. The SMILES string of the molecule is O=C1CCCCN1c1ccc(C#CCNS(=O)(=O)c2ccc(Cl)s2)cc1. The highest BCUT2D eigenvalue weighted by Crippen LogP contribution is 2.25. The average Bonchev–Trinajstić information content (AvgIpc) is 3.07. The first-order valence-corrected chi connectivity index (χ1v) is 10.8. The number of amides is 1. The van der Waals surface area contributed by atoms with Crippen molar-refractivity contribution in [3.05, 3.63) is 46.3 Å². The second-order valence-electron chi connectivity index (χ2n) is 5.73. The van der Waals surface area contributed by atoms with E-state index in [1.165, 1.54) is 6.07 Å². The minimum absolute atomic E-state index is 0.00418. The number of carbonyl (C=O) groups excluding carboxylic acids is 1. The van der Waals surface area contributed by atoms with Crippen molar-refractivity contribution < 1.29 is 13.2 Å². The molecule has 2 heterocycles. The highest BCUT2D eigenvalue weighted by molar-refractivity contribution is 7.91. The predicted octanol–water partition coefficient (Wildman–Crippen LogP) is 3.25. The van der Waals surface area contributed by atoms with Gasteiger partial charge in [-0.1, -0.05) is 23.4 Å². The second kappa shape index (κ2) is 8.23. The number of rotatable bonds is 4. The van der Waals surface area contributed by atoms with Crippen LogP contribution in [-0.4, -0.2) is 27.4 Å². The van der Waals surface area contributed by atoms with Crippen LogP contribution in [0, 0.1) is 11.8 Å². The molecule has 1 saturated heterocycles. The minimum atomic E-state index is -3.58. The molecular weight excluding hydrogens is 392 g/mol. The monoisotopic (exact) mass is 408 g/mol. The summed E-state index contributed by atoms with van der Waals surface area (Å²) in [4.78, 5) is 13.7. The second-order valence-corrected chi connectivity index (χ2v) is 9.44. The van der Waals surface area contributed by atoms with Gasteiger partial charge < -0.3 is 4.90 Å². The first-order valence-electron chi connectivity index (χ1n) is 8.10. The first kappa shape index (κ1) is 18.9. The summed E-state index contributed by atoms with van der Waals surface area (Å²) < 4.78 is 27.1. The minimum Gasteiger partial charge on any atom is -0.312 e. The first-order chi connectivity index (χ1) is 12.5. The number of anilines is 1. The van der Waals surface area contributed by atoms with Crippen molar-refractivity contribution in [2.24, 2.45) is 0 Å². The van der Waals surface area contributed by atoms with Crippen molar-refractivity contribution >= 4 is 44.6 Å². The summed E-state index contributed by atoms with van der Waals surface area (Å²) in [5.41, 5.74) is 1.63. The van der Waals surface area contributed by atoms with Crippen LogP contribution >= 0.6 is 22.9 Å². The highest BCUT2D eigenvalue weighted by Gasteiger charge is 2.19. The maximum atomic E-state index is 12.0. The van der Waals surface area contributed by atoms with Crippen LogP contribution in [0.5, 0.6) is 0 Å². The van der Waals surface area contributed by atoms with Crippen LogP contribution in [-0.2, 0) is 14.8 Å². The molecule has 8 heteroatoms. The van der Waals surface area contributed by atoms with E-state index in [1.807, 2.05) is 24.3 Å². The largest absolute Gasteiger partial charge is 0.312 e. The smallest absolute Gasteiger partial charge is 0.250 e. The lowest BCUT2D eigenvalue weighted by Gasteiger charge is -2.26. The quantitative estimate of drug-likeness (QED) is 0.789. The molecule has 0 unspecified atom stereocenters. The Kier molecular flexibility index (Phi) is 5.99. The van der Waals surface area contributed by atoms with Crippen molar-refractivity contribution in [2.75, 3.05) is 18.0 Å². The van der Waals surface area contributed by atoms with Gasteiger partial charge in [0.25, 0.3) is 10.0 Å². The molecule has 0 aliphatic carbocycles. The van der Waals surface area contributed by atoms with E-state index in [-0.39, 0.29) is 16.7 Å². The number of benzene rings is 1. The molecule has 5 nitrogen and oxygen atoms in total. The van der Waals surface area contributed by atoms with Gasteiger partial charge in [-0.05, 0) is 49.2 Å². The topological polar surface area (TPSA) is 66.5 Å². The summed E-state index contributed by atoms with van der Waals surface area (Å²) in [6.07, 6.45) is 2.56. The number of hydrogen-bond acceptors (Lipinski definition) is 4. The van der Waals surface area contributed by atoms with Crippen molar-refractivity contribution in [1.82, 2.24) is 4.72 Å². The predicted molar refractivity (Wildman–Crippen MR) is 104 cm³/mol. The molecular formula is C18H17ClN2O3S2. The summed E-state index contributed by atoms with van der Waals surface area (Å²) in [7, 11) is -3.58. The molecule has 0 atom stereocenters. The molecule has 26 heavy (non-hydrogen) atoms. The van der Waals surface area contributed by atoms with E-state index in [9.17, 15) is 13.2 Å². The van der Waals surface area contributed by atoms with E-state index in [1.54, 1.807) is 11.0 Å². The summed E-state index contributed by atoms with van der Waals surface area (Å²) in [5.74, 6) is 5.86. The van der Waals surface area contributed by atoms with Gasteiger partial charge in [0.05, 0.1) is 10.9 Å². The van der Waals surface area contributed by atoms with E-state index in [2.05, 4.69) is 16.6 Å². The molecule has 1 aliphatic heterocycles. The molecule has 1 fully saturated rings. The Morgan fingerprint density at radius 2 is 1.92 bits per heavy atom. The molecule has 1 aromatic heterocycles. The third-order valence-corrected chi connectivity index (χ3v) is 7.02. The Bertz CT molecular complexity index is 956. The molecule has 1 N–H and O–H groups in total. The molecule has 0 saturated carbocycles. The van der Waals surface area contributed by atoms with Crippen LogP contribution in [0.2, 0.25) is 4.34 Å². The lowest BCUT2D eigenvalue weighted by atomic mass is 10.1. The highest BCUT2D eigenvalue weighted by atomic mass is 35.5. The van der Waals surface area contributed by atoms with Crippen molar-refractivity contribution in [3.63, 3.8) is 0 Å². The lowest BCUT2D eigenvalue weighted by Crippen LogP contribution is -2.35. The standard InChI is InChI=1S/C18H17ClN2O3S2/c19-16-10-11-18(25-16)26(23,24)20-12-3-4-14-6-8-15(9-7-14)21-13-2-1-5-17(21)22/h6-11,20H,1-2,5,12-13H2. The number of nitrogens with one attached hydrogen (secondary N) is 1. The fourth-order valence-electron chi connectivity index (χ4n) is 2.59. The van der Waals surface area contributed by atoms with Gasteiger partial charge in [-0.25, -0.2) is 8.42 Å². The third kappa shape index (κ3) is 4.65. The Morgan fingerprint density at radius 3 is 2.58 bits per heavy atom. The van der Waals surface area contributed by atoms with E-state index < -0.39 is 10.0 Å². The van der Waals surface area contributed by atoms with Crippen LogP contribution in [0.4, 0.5) is 5.69 Å². The Labute approximate surface area is 162 Å². The number of hydrogen-bond donors (Lipinski definition) is 1. The van der Waals surface area contributed by atoms with Gasteiger partial charge in [-0.15, -0.1) is 11.3 Å².